The van der Waals surface area contributed by atoms with E-state index < -0.39 is 0 Å². The number of piperazine rings is 1. The Hall–Kier alpha value is -3.72. The summed E-state index contributed by atoms with van der Waals surface area (Å²) in [4.78, 5) is 18.2. The zero-order valence-corrected chi connectivity index (χ0v) is 18.2. The van der Waals surface area contributed by atoms with E-state index in [9.17, 15) is 4.79 Å². The summed E-state index contributed by atoms with van der Waals surface area (Å²) in [6.45, 7) is 3.02. The lowest BCUT2D eigenvalue weighted by atomic mass is 10.1. The Morgan fingerprint density at radius 2 is 1.81 bits per heavy atom. The standard InChI is InChI=1S/C23H22N6O2S/c30-22(18-6-4-9-20(16-18)31-17-21-10-5-15-32-21)27-11-13-28(14-12-27)23-24-25-26-29(23)19-7-2-1-3-8-19/h1-10,15-16H,11-14,17H2. The first-order valence-electron chi connectivity index (χ1n) is 10.4. The minimum absolute atomic E-state index is 0.00822. The van der Waals surface area contributed by atoms with Crippen LogP contribution >= 0.6 is 11.3 Å². The van der Waals surface area contributed by atoms with Crippen LogP contribution in [-0.2, 0) is 6.61 Å². The topological polar surface area (TPSA) is 76.4 Å². The molecule has 1 aliphatic rings. The molecular formula is C23H22N6O2S. The summed E-state index contributed by atoms with van der Waals surface area (Å²) in [5.74, 6) is 1.39. The number of hydrogen-bond donors (Lipinski definition) is 0. The Bertz CT molecular complexity index is 1170. The summed E-state index contributed by atoms with van der Waals surface area (Å²) in [5.41, 5.74) is 1.54. The minimum atomic E-state index is 0.00822. The maximum absolute atomic E-state index is 13.1. The largest absolute Gasteiger partial charge is 0.488 e. The number of amides is 1. The SMILES string of the molecule is O=C(c1cccc(OCc2cccs2)c1)N1CCN(c2nnnn2-c2ccccc2)CC1. The molecule has 8 nitrogen and oxygen atoms in total. The van der Waals surface area contributed by atoms with Crippen LogP contribution in [0.5, 0.6) is 5.75 Å². The van der Waals surface area contributed by atoms with Crippen molar-refractivity contribution in [1.29, 1.82) is 0 Å². The van der Waals surface area contributed by atoms with E-state index in [0.29, 0.717) is 50.0 Å². The minimum Gasteiger partial charge on any atom is -0.488 e. The van der Waals surface area contributed by atoms with Crippen molar-refractivity contribution in [3.05, 3.63) is 82.6 Å². The molecule has 32 heavy (non-hydrogen) atoms. The van der Waals surface area contributed by atoms with Gasteiger partial charge in [-0.25, -0.2) is 0 Å². The highest BCUT2D eigenvalue weighted by atomic mass is 32.1. The second-order valence-corrected chi connectivity index (χ2v) is 8.43. The zero-order chi connectivity index (χ0) is 21.8. The predicted molar refractivity (Wildman–Crippen MR) is 122 cm³/mol. The molecule has 0 unspecified atom stereocenters. The van der Waals surface area contributed by atoms with Crippen LogP contribution in [0.4, 0.5) is 5.95 Å². The second-order valence-electron chi connectivity index (χ2n) is 7.40. The molecule has 0 spiro atoms. The number of para-hydroxylation sites is 1. The number of anilines is 1. The monoisotopic (exact) mass is 446 g/mol. The smallest absolute Gasteiger partial charge is 0.254 e. The summed E-state index contributed by atoms with van der Waals surface area (Å²) in [6.07, 6.45) is 0. The van der Waals surface area contributed by atoms with Crippen molar-refractivity contribution in [2.75, 3.05) is 31.1 Å². The first kappa shape index (κ1) is 20.2. The van der Waals surface area contributed by atoms with E-state index in [-0.39, 0.29) is 5.91 Å². The summed E-state index contributed by atoms with van der Waals surface area (Å²) >= 11 is 1.65. The lowest BCUT2D eigenvalue weighted by molar-refractivity contribution is 0.0745. The van der Waals surface area contributed by atoms with Gasteiger partial charge in [-0.15, -0.1) is 11.3 Å². The summed E-state index contributed by atoms with van der Waals surface area (Å²) < 4.78 is 7.58. The van der Waals surface area contributed by atoms with Crippen LogP contribution in [0.1, 0.15) is 15.2 Å². The molecule has 5 rings (SSSR count). The number of aromatic nitrogens is 4. The number of ether oxygens (including phenoxy) is 1. The van der Waals surface area contributed by atoms with Gasteiger partial charge in [0, 0.05) is 36.6 Å². The lowest BCUT2D eigenvalue weighted by Gasteiger charge is -2.34. The highest BCUT2D eigenvalue weighted by Crippen LogP contribution is 2.21. The molecule has 0 saturated carbocycles. The molecule has 3 heterocycles. The first-order valence-corrected chi connectivity index (χ1v) is 11.3. The number of tetrazole rings is 1. The third-order valence-corrected chi connectivity index (χ3v) is 6.20. The molecule has 4 aromatic rings. The highest BCUT2D eigenvalue weighted by Gasteiger charge is 2.25. The summed E-state index contributed by atoms with van der Waals surface area (Å²) in [5, 5.41) is 14.2. The second kappa shape index (κ2) is 9.19. The van der Waals surface area contributed by atoms with E-state index >= 15 is 0 Å². The number of rotatable bonds is 6. The van der Waals surface area contributed by atoms with Crippen LogP contribution in [0.2, 0.25) is 0 Å². The van der Waals surface area contributed by atoms with Gasteiger partial charge in [-0.2, -0.15) is 4.68 Å². The molecule has 1 amide bonds. The third-order valence-electron chi connectivity index (χ3n) is 5.35. The van der Waals surface area contributed by atoms with Gasteiger partial charge in [0.2, 0.25) is 5.95 Å². The van der Waals surface area contributed by atoms with Gasteiger partial charge < -0.3 is 14.5 Å². The summed E-state index contributed by atoms with van der Waals surface area (Å²) in [6, 6.07) is 21.2. The number of nitrogens with zero attached hydrogens (tertiary/aromatic N) is 6. The predicted octanol–water partition coefficient (Wildman–Crippen LogP) is 3.27. The van der Waals surface area contributed by atoms with E-state index in [0.717, 1.165) is 10.6 Å². The maximum Gasteiger partial charge on any atom is 0.254 e. The average Bonchev–Trinajstić information content (AvgIpc) is 3.56. The Morgan fingerprint density at radius 1 is 0.969 bits per heavy atom. The van der Waals surface area contributed by atoms with Gasteiger partial charge in [0.15, 0.2) is 0 Å². The molecule has 0 radical (unpaired) electrons. The van der Waals surface area contributed by atoms with Crippen molar-refractivity contribution in [2.24, 2.45) is 0 Å². The zero-order valence-electron chi connectivity index (χ0n) is 17.4. The molecule has 0 aliphatic carbocycles. The van der Waals surface area contributed by atoms with Crippen molar-refractivity contribution in [1.82, 2.24) is 25.1 Å². The molecule has 1 saturated heterocycles. The molecule has 162 valence electrons. The molecule has 1 fully saturated rings. The van der Waals surface area contributed by atoms with Crippen LogP contribution < -0.4 is 9.64 Å². The molecule has 9 heteroatoms. The number of hydrogen-bond acceptors (Lipinski definition) is 7. The van der Waals surface area contributed by atoms with E-state index in [1.807, 2.05) is 77.0 Å². The van der Waals surface area contributed by atoms with Crippen molar-refractivity contribution < 1.29 is 9.53 Å². The van der Waals surface area contributed by atoms with E-state index in [2.05, 4.69) is 20.4 Å². The highest BCUT2D eigenvalue weighted by molar-refractivity contribution is 7.09. The quantitative estimate of drug-likeness (QED) is 0.453. The Morgan fingerprint density at radius 3 is 2.59 bits per heavy atom. The van der Waals surface area contributed by atoms with Gasteiger partial charge in [-0.3, -0.25) is 4.79 Å². The Balaban J connectivity index is 1.22. The molecule has 0 atom stereocenters. The normalized spacial score (nSPS) is 13.9. The van der Waals surface area contributed by atoms with Gasteiger partial charge in [0.25, 0.3) is 5.91 Å². The third kappa shape index (κ3) is 4.33. The van der Waals surface area contributed by atoms with Crippen LogP contribution in [-0.4, -0.2) is 57.2 Å². The fourth-order valence-electron chi connectivity index (χ4n) is 3.68. The van der Waals surface area contributed by atoms with E-state index in [4.69, 9.17) is 4.74 Å². The number of carbonyl (C=O) groups excluding carboxylic acids is 1. The number of thiophene rings is 1. The lowest BCUT2D eigenvalue weighted by Crippen LogP contribution is -2.49. The molecular weight excluding hydrogens is 424 g/mol. The fraction of sp³-hybridized carbons (Fsp3) is 0.217. The maximum atomic E-state index is 13.1. The molecule has 0 N–H and O–H groups in total. The van der Waals surface area contributed by atoms with Gasteiger partial charge in [0.1, 0.15) is 12.4 Å². The van der Waals surface area contributed by atoms with Gasteiger partial charge in [0.05, 0.1) is 5.69 Å². The van der Waals surface area contributed by atoms with Gasteiger partial charge in [-0.05, 0) is 52.2 Å². The van der Waals surface area contributed by atoms with E-state index in [1.165, 1.54) is 0 Å². The Labute approximate surface area is 189 Å². The molecule has 2 aromatic carbocycles. The van der Waals surface area contributed by atoms with Gasteiger partial charge >= 0.3 is 0 Å². The summed E-state index contributed by atoms with van der Waals surface area (Å²) in [7, 11) is 0. The van der Waals surface area contributed by atoms with Crippen molar-refractivity contribution >= 4 is 23.2 Å². The fourth-order valence-corrected chi connectivity index (χ4v) is 4.29. The molecule has 1 aliphatic heterocycles. The van der Waals surface area contributed by atoms with Crippen LogP contribution in [0.3, 0.4) is 0 Å². The Kier molecular flexibility index (Phi) is 5.80. The van der Waals surface area contributed by atoms with Crippen molar-refractivity contribution in [2.45, 2.75) is 6.61 Å². The van der Waals surface area contributed by atoms with Crippen LogP contribution in [0, 0.1) is 0 Å². The first-order chi connectivity index (χ1) is 15.8. The van der Waals surface area contributed by atoms with Crippen LogP contribution in [0.25, 0.3) is 5.69 Å². The molecule has 2 aromatic heterocycles. The molecule has 0 bridgehead atoms. The van der Waals surface area contributed by atoms with Crippen molar-refractivity contribution in [3.63, 3.8) is 0 Å². The van der Waals surface area contributed by atoms with Crippen molar-refractivity contribution in [3.8, 4) is 11.4 Å². The van der Waals surface area contributed by atoms with E-state index in [1.54, 1.807) is 16.0 Å². The average molecular weight is 447 g/mol. The number of benzene rings is 2. The van der Waals surface area contributed by atoms with Gasteiger partial charge in [-0.1, -0.05) is 35.4 Å². The van der Waals surface area contributed by atoms with Crippen LogP contribution in [0.15, 0.2) is 72.1 Å². The number of carbonyl (C=O) groups is 1.